The molecule has 0 spiro atoms. The molecule has 3 N–H and O–H groups in total. The van der Waals surface area contributed by atoms with E-state index in [1.807, 2.05) is 34.6 Å². The summed E-state index contributed by atoms with van der Waals surface area (Å²) in [6.07, 6.45) is 5.49. The first-order valence-electron chi connectivity index (χ1n) is 9.00. The highest BCUT2D eigenvalue weighted by Crippen LogP contribution is 2.02. The molecule has 1 atom stereocenters. The van der Waals surface area contributed by atoms with Crippen LogP contribution >= 0.6 is 0 Å². The zero-order chi connectivity index (χ0) is 19.4. The number of carbonyl (C=O) groups excluding carboxylic acids is 2. The lowest BCUT2D eigenvalue weighted by Gasteiger charge is -2.18. The molecular formula is C18H38N2O4. The summed E-state index contributed by atoms with van der Waals surface area (Å²) >= 11 is 0. The van der Waals surface area contributed by atoms with Gasteiger partial charge in [0.25, 0.3) is 0 Å². The van der Waals surface area contributed by atoms with E-state index < -0.39 is 5.97 Å². The number of amides is 1. The number of carbonyl (C=O) groups is 3. The van der Waals surface area contributed by atoms with Crippen molar-refractivity contribution in [3.05, 3.63) is 0 Å². The molecule has 1 amide bonds. The van der Waals surface area contributed by atoms with Crippen LogP contribution in [0.3, 0.4) is 0 Å². The minimum atomic E-state index is -0.693. The van der Waals surface area contributed by atoms with Crippen LogP contribution in [0.4, 0.5) is 0 Å². The second-order valence-electron chi connectivity index (χ2n) is 5.55. The number of hydrogen-bond donors (Lipinski definition) is 3. The lowest BCUT2D eigenvalue weighted by Crippen LogP contribution is -2.39. The summed E-state index contributed by atoms with van der Waals surface area (Å²) in [7, 11) is 0. The van der Waals surface area contributed by atoms with Gasteiger partial charge in [-0.2, -0.15) is 0 Å². The van der Waals surface area contributed by atoms with Gasteiger partial charge in [0.2, 0.25) is 6.41 Å². The van der Waals surface area contributed by atoms with Gasteiger partial charge >= 0.3 is 5.97 Å². The van der Waals surface area contributed by atoms with Crippen molar-refractivity contribution in [3.8, 4) is 0 Å². The van der Waals surface area contributed by atoms with Gasteiger partial charge in [0.05, 0.1) is 6.04 Å². The molecule has 0 aliphatic rings. The van der Waals surface area contributed by atoms with Crippen molar-refractivity contribution in [2.75, 3.05) is 6.54 Å². The zero-order valence-corrected chi connectivity index (χ0v) is 16.4. The summed E-state index contributed by atoms with van der Waals surface area (Å²) in [5.41, 5.74) is 0. The van der Waals surface area contributed by atoms with Gasteiger partial charge in [0, 0.05) is 19.0 Å². The van der Waals surface area contributed by atoms with Crippen LogP contribution in [0.5, 0.6) is 0 Å². The Bertz CT molecular complexity index is 307. The number of aliphatic carboxylic acids is 1. The molecular weight excluding hydrogens is 308 g/mol. The topological polar surface area (TPSA) is 95.5 Å². The van der Waals surface area contributed by atoms with Crippen molar-refractivity contribution in [1.29, 1.82) is 0 Å². The lowest BCUT2D eigenvalue weighted by molar-refractivity contribution is -0.137. The Morgan fingerprint density at radius 1 is 1.12 bits per heavy atom. The maximum Gasteiger partial charge on any atom is 0.303 e. The van der Waals surface area contributed by atoms with Gasteiger partial charge in [0.15, 0.2) is 0 Å². The number of carboxylic acids is 1. The lowest BCUT2D eigenvalue weighted by atomic mass is 10.1. The van der Waals surface area contributed by atoms with Crippen LogP contribution in [0.2, 0.25) is 0 Å². The Morgan fingerprint density at radius 3 is 2.04 bits per heavy atom. The summed E-state index contributed by atoms with van der Waals surface area (Å²) < 4.78 is 0. The Balaban J connectivity index is -0.000000410. The number of carboxylic acid groups (broad SMARTS) is 1. The van der Waals surface area contributed by atoms with E-state index in [1.165, 1.54) is 0 Å². The molecule has 0 bridgehead atoms. The first kappa shape index (κ1) is 27.4. The summed E-state index contributed by atoms with van der Waals surface area (Å²) in [4.78, 5) is 31.0. The minimum absolute atomic E-state index is 0.0405. The van der Waals surface area contributed by atoms with Gasteiger partial charge in [-0.15, -0.1) is 0 Å². The molecule has 0 aliphatic heterocycles. The highest BCUT2D eigenvalue weighted by Gasteiger charge is 2.13. The fourth-order valence-electron chi connectivity index (χ4n) is 1.77. The highest BCUT2D eigenvalue weighted by atomic mass is 16.4. The third-order valence-electron chi connectivity index (χ3n) is 2.92. The third-order valence-corrected chi connectivity index (χ3v) is 2.92. The molecule has 6 heteroatoms. The van der Waals surface area contributed by atoms with Crippen LogP contribution in [0.25, 0.3) is 0 Å². The van der Waals surface area contributed by atoms with E-state index in [2.05, 4.69) is 10.6 Å². The maximum absolute atomic E-state index is 11.3. The van der Waals surface area contributed by atoms with E-state index in [9.17, 15) is 14.4 Å². The first-order chi connectivity index (χ1) is 11.3. The summed E-state index contributed by atoms with van der Waals surface area (Å²) in [5.74, 6) is -0.506. The van der Waals surface area contributed by atoms with Crippen molar-refractivity contribution in [1.82, 2.24) is 10.6 Å². The molecule has 0 aliphatic carbocycles. The van der Waals surface area contributed by atoms with Crippen molar-refractivity contribution in [2.45, 2.75) is 92.2 Å². The molecule has 0 aromatic carbocycles. The summed E-state index contributed by atoms with van der Waals surface area (Å²) in [5, 5.41) is 13.9. The van der Waals surface area contributed by atoms with Crippen molar-refractivity contribution in [3.63, 3.8) is 0 Å². The number of Topliss-reactive ketones (excluding diaryl/α,β-unsaturated/α-hetero) is 1. The number of hydrogen-bond acceptors (Lipinski definition) is 4. The smallest absolute Gasteiger partial charge is 0.303 e. The van der Waals surface area contributed by atoms with Crippen LogP contribution in [0.15, 0.2) is 0 Å². The normalized spacial score (nSPS) is 10.6. The van der Waals surface area contributed by atoms with Crippen molar-refractivity contribution >= 4 is 18.2 Å². The van der Waals surface area contributed by atoms with Gasteiger partial charge < -0.3 is 15.7 Å². The standard InChI is InChI=1S/C11H22N2O2.C5H10O2.C2H6/c1-9(2)13-11(10(3)15)6-4-5-7-12-8-14;1-2-3-4-5(6)7;1-2/h8-9,11,13H,4-7H2,1-3H3,(H,12,14);2-4H2,1H3,(H,6,7);1-2H3. The first-order valence-corrected chi connectivity index (χ1v) is 9.00. The Kier molecular flexibility index (Phi) is 24.6. The van der Waals surface area contributed by atoms with Gasteiger partial charge in [-0.05, 0) is 32.6 Å². The van der Waals surface area contributed by atoms with E-state index in [-0.39, 0.29) is 11.8 Å². The van der Waals surface area contributed by atoms with Gasteiger partial charge in [-0.25, -0.2) is 0 Å². The van der Waals surface area contributed by atoms with Gasteiger partial charge in [-0.1, -0.05) is 41.0 Å². The molecule has 0 aromatic heterocycles. The van der Waals surface area contributed by atoms with Gasteiger partial charge in [0.1, 0.15) is 5.78 Å². The summed E-state index contributed by atoms with van der Waals surface area (Å²) in [6.45, 7) is 12.3. The quantitative estimate of drug-likeness (QED) is 0.373. The van der Waals surface area contributed by atoms with Crippen LogP contribution in [-0.2, 0) is 14.4 Å². The number of nitrogens with one attached hydrogen (secondary N) is 2. The SMILES string of the molecule is CC.CC(=O)C(CCCCNC=O)NC(C)C.CCCCC(=O)O. The van der Waals surface area contributed by atoms with E-state index in [0.717, 1.165) is 32.1 Å². The van der Waals surface area contributed by atoms with Crippen molar-refractivity contribution in [2.24, 2.45) is 0 Å². The fraction of sp³-hybridized carbons (Fsp3) is 0.833. The predicted molar refractivity (Wildman–Crippen MR) is 99.2 cm³/mol. The molecule has 0 radical (unpaired) electrons. The average Bonchev–Trinajstić information content (AvgIpc) is 2.53. The highest BCUT2D eigenvalue weighted by molar-refractivity contribution is 5.81. The molecule has 1 unspecified atom stereocenters. The van der Waals surface area contributed by atoms with E-state index in [0.29, 0.717) is 25.4 Å². The molecule has 0 saturated heterocycles. The van der Waals surface area contributed by atoms with Crippen LogP contribution in [0, 0.1) is 0 Å². The molecule has 0 saturated carbocycles. The average molecular weight is 347 g/mol. The number of ketones is 1. The van der Waals surface area contributed by atoms with E-state index >= 15 is 0 Å². The van der Waals surface area contributed by atoms with Crippen molar-refractivity contribution < 1.29 is 19.5 Å². The number of unbranched alkanes of at least 4 members (excludes halogenated alkanes) is 2. The van der Waals surface area contributed by atoms with Crippen LogP contribution < -0.4 is 10.6 Å². The Hall–Kier alpha value is -1.43. The van der Waals surface area contributed by atoms with Gasteiger partial charge in [-0.3, -0.25) is 14.4 Å². The summed E-state index contributed by atoms with van der Waals surface area (Å²) in [6, 6.07) is 0.285. The third kappa shape index (κ3) is 25.5. The number of rotatable bonds is 12. The second kappa shape index (κ2) is 21.6. The molecule has 0 fully saturated rings. The van der Waals surface area contributed by atoms with Crippen LogP contribution in [-0.4, -0.2) is 41.9 Å². The largest absolute Gasteiger partial charge is 0.481 e. The second-order valence-corrected chi connectivity index (χ2v) is 5.55. The fourth-order valence-corrected chi connectivity index (χ4v) is 1.77. The monoisotopic (exact) mass is 346 g/mol. The van der Waals surface area contributed by atoms with Crippen LogP contribution in [0.1, 0.15) is 80.1 Å². The van der Waals surface area contributed by atoms with E-state index in [4.69, 9.17) is 5.11 Å². The molecule has 0 rings (SSSR count). The molecule has 24 heavy (non-hydrogen) atoms. The molecule has 6 nitrogen and oxygen atoms in total. The predicted octanol–water partition coefficient (Wildman–Crippen LogP) is 3.15. The molecule has 0 aromatic rings. The molecule has 144 valence electrons. The zero-order valence-electron chi connectivity index (χ0n) is 16.4. The van der Waals surface area contributed by atoms with E-state index in [1.54, 1.807) is 6.92 Å². The maximum atomic E-state index is 11.3. The Labute approximate surface area is 147 Å². The minimum Gasteiger partial charge on any atom is -0.481 e. The Morgan fingerprint density at radius 2 is 1.71 bits per heavy atom. The molecule has 0 heterocycles.